The van der Waals surface area contributed by atoms with Gasteiger partial charge in [0.05, 0.1) is 0 Å². The van der Waals surface area contributed by atoms with E-state index in [1.165, 1.54) is 0 Å². The molecule has 0 bridgehead atoms. The first-order valence-corrected chi connectivity index (χ1v) is 7.54. The van der Waals surface area contributed by atoms with E-state index in [0.29, 0.717) is 12.5 Å². The van der Waals surface area contributed by atoms with Gasteiger partial charge >= 0.3 is 6.18 Å². The maximum absolute atomic E-state index is 11.9. The molecule has 0 amide bonds. The van der Waals surface area contributed by atoms with Crippen molar-refractivity contribution >= 4 is 0 Å². The molecule has 5 heteroatoms. The van der Waals surface area contributed by atoms with Crippen molar-refractivity contribution in [3.63, 3.8) is 0 Å². The van der Waals surface area contributed by atoms with E-state index in [2.05, 4.69) is 37.7 Å². The highest BCUT2D eigenvalue weighted by Gasteiger charge is 2.27. The number of unbranched alkanes of at least 4 members (excludes halogenated alkanes) is 2. The maximum Gasteiger partial charge on any atom is 0.411 e. The number of hydrogen-bond acceptors (Lipinski definition) is 2. The topological polar surface area (TPSA) is 21.3 Å². The maximum atomic E-state index is 11.9. The SMILES string of the molecule is CCCNC(CCCCCOCC(F)(F)F)C(C)(C)C. The van der Waals surface area contributed by atoms with E-state index >= 15 is 0 Å². The van der Waals surface area contributed by atoms with Crippen molar-refractivity contribution in [3.05, 3.63) is 0 Å². The number of nitrogens with one attached hydrogen (secondary N) is 1. The first-order valence-electron chi connectivity index (χ1n) is 7.54. The van der Waals surface area contributed by atoms with Gasteiger partial charge in [0.2, 0.25) is 0 Å². The van der Waals surface area contributed by atoms with Crippen molar-refractivity contribution < 1.29 is 17.9 Å². The second-order valence-electron chi connectivity index (χ2n) is 6.39. The van der Waals surface area contributed by atoms with Crippen LogP contribution in [-0.4, -0.2) is 32.0 Å². The van der Waals surface area contributed by atoms with Crippen LogP contribution in [-0.2, 0) is 4.74 Å². The second kappa shape index (κ2) is 9.61. The summed E-state index contributed by atoms with van der Waals surface area (Å²) in [6.45, 7) is 8.87. The highest BCUT2D eigenvalue weighted by atomic mass is 19.4. The van der Waals surface area contributed by atoms with Crippen LogP contribution in [0.15, 0.2) is 0 Å². The largest absolute Gasteiger partial charge is 0.411 e. The molecule has 1 N–H and O–H groups in total. The van der Waals surface area contributed by atoms with E-state index in [1.54, 1.807) is 0 Å². The van der Waals surface area contributed by atoms with Crippen molar-refractivity contribution in [2.45, 2.75) is 72.0 Å². The highest BCUT2D eigenvalue weighted by molar-refractivity contribution is 4.80. The van der Waals surface area contributed by atoms with Gasteiger partial charge < -0.3 is 10.1 Å². The molecule has 0 aromatic rings. The molecule has 1 atom stereocenters. The molecule has 122 valence electrons. The van der Waals surface area contributed by atoms with Gasteiger partial charge in [0.15, 0.2) is 0 Å². The molecule has 0 fully saturated rings. The first kappa shape index (κ1) is 19.7. The molecule has 0 aliphatic heterocycles. The van der Waals surface area contributed by atoms with Crippen molar-refractivity contribution in [2.75, 3.05) is 19.8 Å². The molecule has 2 nitrogen and oxygen atoms in total. The van der Waals surface area contributed by atoms with Crippen LogP contribution in [0.2, 0.25) is 0 Å². The summed E-state index contributed by atoms with van der Waals surface area (Å²) in [6, 6.07) is 0.457. The second-order valence-corrected chi connectivity index (χ2v) is 6.39. The molecular weight excluding hydrogens is 267 g/mol. The molecule has 0 aromatic carbocycles. The van der Waals surface area contributed by atoms with Gasteiger partial charge in [-0.05, 0) is 31.2 Å². The predicted molar refractivity (Wildman–Crippen MR) is 76.9 cm³/mol. The third-order valence-corrected chi connectivity index (χ3v) is 3.23. The van der Waals surface area contributed by atoms with E-state index in [4.69, 9.17) is 0 Å². The van der Waals surface area contributed by atoms with Crippen LogP contribution in [0.25, 0.3) is 0 Å². The molecule has 0 radical (unpaired) electrons. The summed E-state index contributed by atoms with van der Waals surface area (Å²) in [6.07, 6.45) is 0.592. The number of halogens is 3. The molecule has 0 rings (SSSR count). The molecular formula is C15H30F3NO. The Balaban J connectivity index is 3.69. The van der Waals surface area contributed by atoms with Crippen molar-refractivity contribution in [2.24, 2.45) is 5.41 Å². The van der Waals surface area contributed by atoms with Crippen LogP contribution < -0.4 is 5.32 Å². The van der Waals surface area contributed by atoms with E-state index in [-0.39, 0.29) is 12.0 Å². The Morgan fingerprint density at radius 1 is 1.05 bits per heavy atom. The summed E-state index contributed by atoms with van der Waals surface area (Å²) in [4.78, 5) is 0. The number of alkyl halides is 3. The predicted octanol–water partition coefficient (Wildman–Crippen LogP) is 4.54. The van der Waals surface area contributed by atoms with Gasteiger partial charge in [-0.1, -0.05) is 40.5 Å². The van der Waals surface area contributed by atoms with E-state index in [1.807, 2.05) is 0 Å². The minimum atomic E-state index is -4.21. The monoisotopic (exact) mass is 297 g/mol. The van der Waals surface area contributed by atoms with Crippen LogP contribution in [0, 0.1) is 5.41 Å². The zero-order chi connectivity index (χ0) is 15.6. The van der Waals surface area contributed by atoms with Crippen LogP contribution in [0.1, 0.15) is 59.8 Å². The lowest BCUT2D eigenvalue weighted by molar-refractivity contribution is -0.174. The van der Waals surface area contributed by atoms with E-state index in [0.717, 1.165) is 32.2 Å². The van der Waals surface area contributed by atoms with Crippen LogP contribution in [0.4, 0.5) is 13.2 Å². The normalized spacial score (nSPS) is 14.6. The van der Waals surface area contributed by atoms with Crippen LogP contribution >= 0.6 is 0 Å². The molecule has 0 aliphatic rings. The zero-order valence-corrected chi connectivity index (χ0v) is 13.3. The number of ether oxygens (including phenoxy) is 1. The first-order chi connectivity index (χ1) is 9.17. The fourth-order valence-corrected chi connectivity index (χ4v) is 2.08. The molecule has 0 spiro atoms. The average molecular weight is 297 g/mol. The van der Waals surface area contributed by atoms with Crippen LogP contribution in [0.5, 0.6) is 0 Å². The van der Waals surface area contributed by atoms with Gasteiger partial charge in [0.1, 0.15) is 6.61 Å². The van der Waals surface area contributed by atoms with E-state index in [9.17, 15) is 13.2 Å². The zero-order valence-electron chi connectivity index (χ0n) is 13.3. The highest BCUT2D eigenvalue weighted by Crippen LogP contribution is 2.23. The van der Waals surface area contributed by atoms with Gasteiger partial charge in [0, 0.05) is 12.6 Å². The van der Waals surface area contributed by atoms with Gasteiger partial charge in [-0.3, -0.25) is 0 Å². The Labute approximate surface area is 121 Å². The Hall–Kier alpha value is -0.290. The molecule has 0 aromatic heterocycles. The van der Waals surface area contributed by atoms with Gasteiger partial charge in [-0.15, -0.1) is 0 Å². The number of rotatable bonds is 10. The number of hydrogen-bond donors (Lipinski definition) is 1. The molecule has 0 aliphatic carbocycles. The van der Waals surface area contributed by atoms with Crippen molar-refractivity contribution in [1.29, 1.82) is 0 Å². The van der Waals surface area contributed by atoms with Gasteiger partial charge in [-0.2, -0.15) is 13.2 Å². The third kappa shape index (κ3) is 11.5. The minimum Gasteiger partial charge on any atom is -0.372 e. The van der Waals surface area contributed by atoms with Crippen molar-refractivity contribution in [3.8, 4) is 0 Å². The molecule has 0 saturated carbocycles. The van der Waals surface area contributed by atoms with Crippen LogP contribution in [0.3, 0.4) is 0 Å². The summed E-state index contributed by atoms with van der Waals surface area (Å²) < 4.78 is 40.2. The third-order valence-electron chi connectivity index (χ3n) is 3.23. The Morgan fingerprint density at radius 2 is 1.70 bits per heavy atom. The molecule has 0 heterocycles. The summed E-state index contributed by atoms with van der Waals surface area (Å²) in [5.41, 5.74) is 0.210. The quantitative estimate of drug-likeness (QED) is 0.598. The standard InChI is InChI=1S/C15H30F3NO/c1-5-10-19-13(14(2,3)4)9-7-6-8-11-20-12-15(16,17)18/h13,19H,5-12H2,1-4H3. The summed E-state index contributed by atoms with van der Waals surface area (Å²) in [5.74, 6) is 0. The van der Waals surface area contributed by atoms with E-state index < -0.39 is 12.8 Å². The fraction of sp³-hybridized carbons (Fsp3) is 1.00. The molecule has 0 saturated heterocycles. The Bertz CT molecular complexity index is 236. The Morgan fingerprint density at radius 3 is 2.20 bits per heavy atom. The van der Waals surface area contributed by atoms with Crippen molar-refractivity contribution in [1.82, 2.24) is 5.32 Å². The fourth-order valence-electron chi connectivity index (χ4n) is 2.08. The lowest BCUT2D eigenvalue weighted by Gasteiger charge is -2.32. The Kier molecular flexibility index (Phi) is 9.47. The molecule has 1 unspecified atom stereocenters. The minimum absolute atomic E-state index is 0.197. The molecule has 20 heavy (non-hydrogen) atoms. The summed E-state index contributed by atoms with van der Waals surface area (Å²) in [5, 5.41) is 3.55. The summed E-state index contributed by atoms with van der Waals surface area (Å²) >= 11 is 0. The smallest absolute Gasteiger partial charge is 0.372 e. The van der Waals surface area contributed by atoms with Gasteiger partial charge in [-0.25, -0.2) is 0 Å². The lowest BCUT2D eigenvalue weighted by Crippen LogP contribution is -2.40. The average Bonchev–Trinajstić information content (AvgIpc) is 2.28. The summed E-state index contributed by atoms with van der Waals surface area (Å²) in [7, 11) is 0. The van der Waals surface area contributed by atoms with Gasteiger partial charge in [0.25, 0.3) is 0 Å². The lowest BCUT2D eigenvalue weighted by atomic mass is 9.83.